The average molecular weight is 283 g/mol. The Balaban J connectivity index is 2.30. The summed E-state index contributed by atoms with van der Waals surface area (Å²) in [5, 5.41) is 2.82. The Morgan fingerprint density at radius 2 is 2.19 bits per heavy atom. The number of halogens is 2. The Labute approximate surface area is 99.9 Å². The van der Waals surface area contributed by atoms with Crippen molar-refractivity contribution < 1.29 is 4.39 Å². The van der Waals surface area contributed by atoms with E-state index in [9.17, 15) is 4.39 Å². The van der Waals surface area contributed by atoms with Crippen LogP contribution < -0.4 is 11.1 Å². The van der Waals surface area contributed by atoms with Crippen molar-refractivity contribution >= 4 is 33.4 Å². The third kappa shape index (κ3) is 2.46. The van der Waals surface area contributed by atoms with Crippen molar-refractivity contribution in [2.24, 2.45) is 0 Å². The molecule has 0 spiro atoms. The van der Waals surface area contributed by atoms with Crippen molar-refractivity contribution in [1.82, 2.24) is 9.97 Å². The maximum absolute atomic E-state index is 13.3. The van der Waals surface area contributed by atoms with Gasteiger partial charge < -0.3 is 11.1 Å². The highest BCUT2D eigenvalue weighted by atomic mass is 79.9. The van der Waals surface area contributed by atoms with E-state index in [2.05, 4.69) is 31.2 Å². The highest BCUT2D eigenvalue weighted by molar-refractivity contribution is 9.10. The molecule has 0 bridgehead atoms. The van der Waals surface area contributed by atoms with Crippen LogP contribution in [0.1, 0.15) is 0 Å². The van der Waals surface area contributed by atoms with Gasteiger partial charge >= 0.3 is 0 Å². The molecule has 2 aromatic rings. The summed E-state index contributed by atoms with van der Waals surface area (Å²) in [6, 6.07) is 7.30. The van der Waals surface area contributed by atoms with Crippen LogP contribution in [0.3, 0.4) is 0 Å². The first-order chi connectivity index (χ1) is 7.65. The lowest BCUT2D eigenvalue weighted by atomic mass is 10.3. The Morgan fingerprint density at radius 3 is 2.94 bits per heavy atom. The van der Waals surface area contributed by atoms with Gasteiger partial charge in [-0.25, -0.2) is 9.37 Å². The van der Waals surface area contributed by atoms with Crippen molar-refractivity contribution in [3.63, 3.8) is 0 Å². The maximum Gasteiger partial charge on any atom is 0.222 e. The molecule has 0 saturated carbocycles. The molecule has 0 aliphatic carbocycles. The predicted molar refractivity (Wildman–Crippen MR) is 63.8 cm³/mol. The van der Waals surface area contributed by atoms with Gasteiger partial charge in [-0.3, -0.25) is 0 Å². The van der Waals surface area contributed by atoms with Gasteiger partial charge in [0.1, 0.15) is 0 Å². The van der Waals surface area contributed by atoms with Crippen LogP contribution >= 0.6 is 15.9 Å². The largest absolute Gasteiger partial charge is 0.368 e. The lowest BCUT2D eigenvalue weighted by Gasteiger charge is -2.06. The van der Waals surface area contributed by atoms with Crippen LogP contribution in [0.5, 0.6) is 0 Å². The molecule has 0 aliphatic heterocycles. The third-order valence-corrected chi connectivity index (χ3v) is 2.34. The molecular weight excluding hydrogens is 275 g/mol. The van der Waals surface area contributed by atoms with E-state index in [4.69, 9.17) is 5.73 Å². The van der Waals surface area contributed by atoms with Crippen LogP contribution in [0.25, 0.3) is 0 Å². The summed E-state index contributed by atoms with van der Waals surface area (Å²) in [7, 11) is 0. The Morgan fingerprint density at radius 1 is 1.38 bits per heavy atom. The molecule has 0 aliphatic rings. The van der Waals surface area contributed by atoms with Crippen molar-refractivity contribution in [3.8, 4) is 0 Å². The third-order valence-electron chi connectivity index (χ3n) is 1.85. The number of benzene rings is 1. The van der Waals surface area contributed by atoms with Crippen LogP contribution in [-0.4, -0.2) is 9.97 Å². The number of nitrogens with zero attached hydrogens (tertiary/aromatic N) is 2. The molecule has 0 unspecified atom stereocenters. The van der Waals surface area contributed by atoms with E-state index in [1.807, 2.05) is 12.1 Å². The second-order valence-corrected chi connectivity index (χ2v) is 3.98. The number of nitrogens with one attached hydrogen (secondary N) is 1. The highest BCUT2D eigenvalue weighted by Gasteiger charge is 2.05. The van der Waals surface area contributed by atoms with E-state index in [-0.39, 0.29) is 11.8 Å². The molecule has 0 fully saturated rings. The standard InChI is InChI=1S/C10H8BrFN4/c11-6-2-1-3-7(4-6)15-9-8(12)5-14-10(13)16-9/h1-5H,(H3,13,14,15,16). The van der Waals surface area contributed by atoms with E-state index in [0.717, 1.165) is 10.7 Å². The number of hydrogen-bond acceptors (Lipinski definition) is 4. The van der Waals surface area contributed by atoms with Crippen LogP contribution in [0.2, 0.25) is 0 Å². The minimum atomic E-state index is -0.547. The van der Waals surface area contributed by atoms with Gasteiger partial charge in [0.2, 0.25) is 5.95 Å². The fraction of sp³-hybridized carbons (Fsp3) is 0. The van der Waals surface area contributed by atoms with E-state index >= 15 is 0 Å². The number of rotatable bonds is 2. The van der Waals surface area contributed by atoms with E-state index in [1.165, 1.54) is 0 Å². The van der Waals surface area contributed by atoms with Gasteiger partial charge in [-0.2, -0.15) is 4.98 Å². The second-order valence-electron chi connectivity index (χ2n) is 3.06. The first-order valence-corrected chi connectivity index (χ1v) is 5.25. The van der Waals surface area contributed by atoms with Crippen molar-refractivity contribution in [2.75, 3.05) is 11.1 Å². The zero-order valence-electron chi connectivity index (χ0n) is 8.11. The molecular formula is C10H8BrFN4. The molecule has 0 atom stereocenters. The van der Waals surface area contributed by atoms with Crippen LogP contribution in [0.4, 0.5) is 21.8 Å². The fourth-order valence-electron chi connectivity index (χ4n) is 1.17. The van der Waals surface area contributed by atoms with E-state index in [1.54, 1.807) is 12.1 Å². The molecule has 1 aromatic heterocycles. The van der Waals surface area contributed by atoms with Crippen LogP contribution in [0.15, 0.2) is 34.9 Å². The predicted octanol–water partition coefficient (Wildman–Crippen LogP) is 2.70. The minimum absolute atomic E-state index is 0.0268. The van der Waals surface area contributed by atoms with Crippen molar-refractivity contribution in [3.05, 3.63) is 40.8 Å². The maximum atomic E-state index is 13.3. The molecule has 3 N–H and O–H groups in total. The summed E-state index contributed by atoms with van der Waals surface area (Å²) in [4.78, 5) is 7.30. The number of hydrogen-bond donors (Lipinski definition) is 2. The fourth-order valence-corrected chi connectivity index (χ4v) is 1.57. The molecule has 16 heavy (non-hydrogen) atoms. The lowest BCUT2D eigenvalue weighted by molar-refractivity contribution is 0.620. The normalized spacial score (nSPS) is 10.1. The SMILES string of the molecule is Nc1ncc(F)c(Nc2cccc(Br)c2)n1. The molecule has 2 rings (SSSR count). The molecule has 0 saturated heterocycles. The van der Waals surface area contributed by atoms with Crippen molar-refractivity contribution in [2.45, 2.75) is 0 Å². The summed E-state index contributed by atoms with van der Waals surface area (Å²) in [6.07, 6.45) is 1.03. The summed E-state index contributed by atoms with van der Waals surface area (Å²) in [5.74, 6) is -0.460. The summed E-state index contributed by atoms with van der Waals surface area (Å²) in [5.41, 5.74) is 6.09. The van der Waals surface area contributed by atoms with Gasteiger partial charge in [-0.1, -0.05) is 22.0 Å². The first-order valence-electron chi connectivity index (χ1n) is 4.46. The van der Waals surface area contributed by atoms with E-state index < -0.39 is 5.82 Å². The molecule has 82 valence electrons. The Hall–Kier alpha value is -1.69. The monoisotopic (exact) mass is 282 g/mol. The van der Waals surface area contributed by atoms with Gasteiger partial charge in [0.25, 0.3) is 0 Å². The zero-order valence-corrected chi connectivity index (χ0v) is 9.70. The van der Waals surface area contributed by atoms with E-state index in [0.29, 0.717) is 5.69 Å². The quantitative estimate of drug-likeness (QED) is 0.889. The zero-order chi connectivity index (χ0) is 11.5. The number of anilines is 3. The summed E-state index contributed by atoms with van der Waals surface area (Å²) in [6.45, 7) is 0. The lowest BCUT2D eigenvalue weighted by Crippen LogP contribution is -2.02. The average Bonchev–Trinajstić information content (AvgIpc) is 2.24. The number of nitrogen functional groups attached to an aromatic ring is 1. The highest BCUT2D eigenvalue weighted by Crippen LogP contribution is 2.20. The topological polar surface area (TPSA) is 63.8 Å². The molecule has 0 radical (unpaired) electrons. The molecule has 1 heterocycles. The van der Waals surface area contributed by atoms with Gasteiger partial charge in [0.15, 0.2) is 11.6 Å². The first kappa shape index (κ1) is 10.8. The molecule has 0 amide bonds. The smallest absolute Gasteiger partial charge is 0.222 e. The van der Waals surface area contributed by atoms with Crippen LogP contribution in [0, 0.1) is 5.82 Å². The number of nitrogens with two attached hydrogens (primary N) is 1. The van der Waals surface area contributed by atoms with Gasteiger partial charge in [0.05, 0.1) is 6.20 Å². The van der Waals surface area contributed by atoms with Crippen LogP contribution in [-0.2, 0) is 0 Å². The van der Waals surface area contributed by atoms with Gasteiger partial charge in [0, 0.05) is 10.2 Å². The molecule has 4 nitrogen and oxygen atoms in total. The van der Waals surface area contributed by atoms with Gasteiger partial charge in [-0.05, 0) is 18.2 Å². The minimum Gasteiger partial charge on any atom is -0.368 e. The second kappa shape index (κ2) is 4.44. The summed E-state index contributed by atoms with van der Waals surface area (Å²) >= 11 is 3.32. The molecule has 6 heteroatoms. The van der Waals surface area contributed by atoms with Crippen molar-refractivity contribution in [1.29, 1.82) is 0 Å². The summed E-state index contributed by atoms with van der Waals surface area (Å²) < 4.78 is 14.2. The van der Waals surface area contributed by atoms with Gasteiger partial charge in [-0.15, -0.1) is 0 Å². The number of aromatic nitrogens is 2. The Bertz CT molecular complexity index is 518. The molecule has 1 aromatic carbocycles. The Kier molecular flexibility index (Phi) is 3.00.